The number of rotatable bonds is 16. The Bertz CT molecular complexity index is 1520. The number of methoxy groups -OCH3 is 1. The van der Waals surface area contributed by atoms with Gasteiger partial charge in [-0.1, -0.05) is 91.0 Å². The summed E-state index contributed by atoms with van der Waals surface area (Å²) >= 11 is 3.44. The molecule has 0 radical (unpaired) electrons. The summed E-state index contributed by atoms with van der Waals surface area (Å²) in [5, 5.41) is 12.6. The number of hydrogen-bond donors (Lipinski definition) is 2. The Kier molecular flexibility index (Phi) is 12.2. The highest BCUT2D eigenvalue weighted by Crippen LogP contribution is 2.35. The number of nitrogens with one attached hydrogen (secondary N) is 1. The van der Waals surface area contributed by atoms with Gasteiger partial charge >= 0.3 is 5.97 Å². The van der Waals surface area contributed by atoms with E-state index in [4.69, 9.17) is 14.2 Å². The minimum atomic E-state index is -1.02. The van der Waals surface area contributed by atoms with Gasteiger partial charge in [0.05, 0.1) is 31.7 Å². The van der Waals surface area contributed by atoms with Gasteiger partial charge in [0.25, 0.3) is 5.91 Å². The number of aliphatic carboxylic acids is 1. The van der Waals surface area contributed by atoms with Crippen molar-refractivity contribution in [1.82, 2.24) is 5.32 Å². The molecule has 0 heterocycles. The molecule has 1 unspecified atom stereocenters. The number of para-hydroxylation sites is 1. The molecule has 4 aromatic carbocycles. The van der Waals surface area contributed by atoms with Crippen LogP contribution in [0.5, 0.6) is 23.0 Å². The Morgan fingerprint density at radius 1 is 0.841 bits per heavy atom. The minimum Gasteiger partial charge on any atom is -0.497 e. The third-order valence-electron chi connectivity index (χ3n) is 7.17. The second-order valence-electron chi connectivity index (χ2n) is 10.4. The van der Waals surface area contributed by atoms with Crippen molar-refractivity contribution in [2.45, 2.75) is 51.5 Å². The molecule has 0 bridgehead atoms. The van der Waals surface area contributed by atoms with Crippen LogP contribution in [0.25, 0.3) is 11.1 Å². The Morgan fingerprint density at radius 2 is 1.55 bits per heavy atom. The molecule has 8 heteroatoms. The highest BCUT2D eigenvalue weighted by Gasteiger charge is 2.22. The van der Waals surface area contributed by atoms with Gasteiger partial charge in [-0.2, -0.15) is 0 Å². The first-order chi connectivity index (χ1) is 21.4. The van der Waals surface area contributed by atoms with Crippen LogP contribution in [0.3, 0.4) is 0 Å². The lowest BCUT2D eigenvalue weighted by molar-refractivity contribution is -0.137. The van der Waals surface area contributed by atoms with Gasteiger partial charge in [0.15, 0.2) is 0 Å². The van der Waals surface area contributed by atoms with Crippen molar-refractivity contribution in [2.75, 3.05) is 13.7 Å². The number of ether oxygens (including phenoxy) is 3. The molecule has 0 aliphatic rings. The smallest absolute Gasteiger partial charge is 0.305 e. The molecule has 44 heavy (non-hydrogen) atoms. The van der Waals surface area contributed by atoms with Gasteiger partial charge < -0.3 is 24.6 Å². The van der Waals surface area contributed by atoms with Crippen LogP contribution in [0.4, 0.5) is 0 Å². The highest BCUT2D eigenvalue weighted by atomic mass is 79.9. The summed E-state index contributed by atoms with van der Waals surface area (Å²) in [6.07, 6.45) is 5.22. The first kappa shape index (κ1) is 32.6. The SMILES string of the molecule is CCCCCCCOc1ccc(Br)cc1C(=O)NC(CC(=O)O)c1ccc(-c2ccccc2Oc2ccc(OC)cc2)cc1. The van der Waals surface area contributed by atoms with Gasteiger partial charge in [0.2, 0.25) is 0 Å². The summed E-state index contributed by atoms with van der Waals surface area (Å²) in [6.45, 7) is 2.68. The van der Waals surface area contributed by atoms with E-state index < -0.39 is 17.9 Å². The Labute approximate surface area is 267 Å². The lowest BCUT2D eigenvalue weighted by Crippen LogP contribution is -2.30. The molecule has 4 aromatic rings. The summed E-state index contributed by atoms with van der Waals surface area (Å²) in [4.78, 5) is 25.3. The fraction of sp³-hybridized carbons (Fsp3) is 0.278. The number of hydrogen-bond acceptors (Lipinski definition) is 5. The maximum atomic E-state index is 13.5. The zero-order valence-corrected chi connectivity index (χ0v) is 26.6. The Hall–Kier alpha value is -4.30. The van der Waals surface area contributed by atoms with Crippen LogP contribution in [-0.2, 0) is 4.79 Å². The molecule has 1 atom stereocenters. The number of amides is 1. The maximum Gasteiger partial charge on any atom is 0.305 e. The van der Waals surface area contributed by atoms with Crippen LogP contribution in [0.1, 0.15) is 67.4 Å². The van der Waals surface area contributed by atoms with Crippen molar-refractivity contribution in [3.05, 3.63) is 107 Å². The zero-order valence-electron chi connectivity index (χ0n) is 25.1. The molecular weight excluding hydrogens is 622 g/mol. The molecule has 0 saturated heterocycles. The van der Waals surface area contributed by atoms with E-state index in [1.807, 2.05) is 78.9 Å². The van der Waals surface area contributed by atoms with Crippen LogP contribution < -0.4 is 19.5 Å². The molecule has 0 saturated carbocycles. The minimum absolute atomic E-state index is 0.274. The van der Waals surface area contributed by atoms with Gasteiger partial charge in [0, 0.05) is 10.0 Å². The number of carbonyl (C=O) groups excluding carboxylic acids is 1. The predicted molar refractivity (Wildman–Crippen MR) is 176 cm³/mol. The van der Waals surface area contributed by atoms with Crippen molar-refractivity contribution in [3.8, 4) is 34.1 Å². The van der Waals surface area contributed by atoms with Gasteiger partial charge in [-0.3, -0.25) is 9.59 Å². The van der Waals surface area contributed by atoms with E-state index in [-0.39, 0.29) is 6.42 Å². The first-order valence-electron chi connectivity index (χ1n) is 14.8. The molecule has 0 aliphatic carbocycles. The maximum absolute atomic E-state index is 13.5. The lowest BCUT2D eigenvalue weighted by atomic mass is 9.98. The number of carboxylic acid groups (broad SMARTS) is 1. The summed E-state index contributed by atoms with van der Waals surface area (Å²) in [5.41, 5.74) is 2.79. The van der Waals surface area contributed by atoms with E-state index in [9.17, 15) is 14.7 Å². The molecule has 1 amide bonds. The number of benzene rings is 4. The van der Waals surface area contributed by atoms with Crippen molar-refractivity contribution >= 4 is 27.8 Å². The Balaban J connectivity index is 1.50. The average molecular weight is 661 g/mol. The van der Waals surface area contributed by atoms with E-state index in [0.717, 1.165) is 40.6 Å². The molecule has 230 valence electrons. The first-order valence-corrected chi connectivity index (χ1v) is 15.6. The number of carbonyl (C=O) groups is 2. The molecule has 7 nitrogen and oxygen atoms in total. The van der Waals surface area contributed by atoms with Gasteiger partial charge in [-0.05, 0) is 66.1 Å². The quantitative estimate of drug-likeness (QED) is 0.116. The van der Waals surface area contributed by atoms with E-state index in [1.54, 1.807) is 19.2 Å². The summed E-state index contributed by atoms with van der Waals surface area (Å²) in [5.74, 6) is 1.14. The number of unbranched alkanes of at least 4 members (excludes halogenated alkanes) is 4. The topological polar surface area (TPSA) is 94.1 Å². The molecule has 2 N–H and O–H groups in total. The van der Waals surface area contributed by atoms with Crippen molar-refractivity contribution < 1.29 is 28.9 Å². The molecule has 4 rings (SSSR count). The second-order valence-corrected chi connectivity index (χ2v) is 11.3. The van der Waals surface area contributed by atoms with Crippen LogP contribution in [0.2, 0.25) is 0 Å². The van der Waals surface area contributed by atoms with Crippen molar-refractivity contribution in [2.24, 2.45) is 0 Å². The third kappa shape index (κ3) is 9.35. The van der Waals surface area contributed by atoms with Crippen LogP contribution in [0, 0.1) is 0 Å². The normalized spacial score (nSPS) is 11.4. The van der Waals surface area contributed by atoms with Crippen LogP contribution in [0.15, 0.2) is 95.5 Å². The molecular formula is C36H38BrNO6. The number of halogens is 1. The van der Waals surface area contributed by atoms with Crippen LogP contribution in [-0.4, -0.2) is 30.7 Å². The number of carboxylic acids is 1. The Morgan fingerprint density at radius 3 is 2.25 bits per heavy atom. The van der Waals surface area contributed by atoms with Gasteiger partial charge in [-0.15, -0.1) is 0 Å². The van der Waals surface area contributed by atoms with E-state index in [0.29, 0.717) is 35.0 Å². The molecule has 0 aliphatic heterocycles. The van der Waals surface area contributed by atoms with E-state index in [1.165, 1.54) is 12.8 Å². The fourth-order valence-corrected chi connectivity index (χ4v) is 5.18. The van der Waals surface area contributed by atoms with Crippen LogP contribution >= 0.6 is 15.9 Å². The molecule has 0 aromatic heterocycles. The molecule has 0 spiro atoms. The largest absolute Gasteiger partial charge is 0.497 e. The standard InChI is InChI=1S/C36H38BrNO6/c1-3-4-5-6-9-22-43-33-21-16-27(37)23-31(33)36(41)38-32(24-35(39)40)26-14-12-25(13-15-26)30-10-7-8-11-34(30)44-29-19-17-28(42-2)18-20-29/h7-8,10-21,23,32H,3-6,9,22,24H2,1-2H3,(H,38,41)(H,39,40). The second kappa shape index (κ2) is 16.5. The zero-order chi connectivity index (χ0) is 31.3. The van der Waals surface area contributed by atoms with Crippen molar-refractivity contribution in [3.63, 3.8) is 0 Å². The monoisotopic (exact) mass is 659 g/mol. The lowest BCUT2D eigenvalue weighted by Gasteiger charge is -2.20. The fourth-order valence-electron chi connectivity index (χ4n) is 4.82. The van der Waals surface area contributed by atoms with E-state index >= 15 is 0 Å². The third-order valence-corrected chi connectivity index (χ3v) is 7.67. The average Bonchev–Trinajstić information content (AvgIpc) is 3.03. The highest BCUT2D eigenvalue weighted by molar-refractivity contribution is 9.10. The summed E-state index contributed by atoms with van der Waals surface area (Å²) in [6, 6.07) is 27.0. The van der Waals surface area contributed by atoms with Crippen molar-refractivity contribution in [1.29, 1.82) is 0 Å². The summed E-state index contributed by atoms with van der Waals surface area (Å²) < 4.78 is 18.1. The summed E-state index contributed by atoms with van der Waals surface area (Å²) in [7, 11) is 1.62. The van der Waals surface area contributed by atoms with E-state index in [2.05, 4.69) is 28.2 Å². The molecule has 0 fully saturated rings. The van der Waals surface area contributed by atoms with Gasteiger partial charge in [-0.25, -0.2) is 0 Å². The predicted octanol–water partition coefficient (Wildman–Crippen LogP) is 9.21. The van der Waals surface area contributed by atoms with Gasteiger partial charge in [0.1, 0.15) is 23.0 Å².